The predicted molar refractivity (Wildman–Crippen MR) is 160 cm³/mol. The fourth-order valence-electron chi connectivity index (χ4n) is 7.60. The van der Waals surface area contributed by atoms with E-state index in [0.717, 1.165) is 12.6 Å². The van der Waals surface area contributed by atoms with E-state index in [0.29, 0.717) is 22.2 Å². The summed E-state index contributed by atoms with van der Waals surface area (Å²) in [6.45, 7) is 37.1. The molecule has 0 amide bonds. The predicted octanol–water partition coefficient (Wildman–Crippen LogP) is 8.69. The van der Waals surface area contributed by atoms with Crippen molar-refractivity contribution in [1.29, 1.82) is 0 Å². The maximum absolute atomic E-state index is 3.16. The molecule has 0 unspecified atom stereocenters. The van der Waals surface area contributed by atoms with E-state index in [4.69, 9.17) is 0 Å². The smallest absolute Gasteiger partial charge is 0.261 e. The van der Waals surface area contributed by atoms with Crippen LogP contribution in [0.5, 0.6) is 0 Å². The van der Waals surface area contributed by atoms with E-state index in [2.05, 4.69) is 104 Å². The van der Waals surface area contributed by atoms with E-state index in [-0.39, 0.29) is 14.5 Å². The number of hydrogen-bond donors (Lipinski definition) is 0. The molecule has 0 bridgehead atoms. The van der Waals surface area contributed by atoms with Crippen LogP contribution >= 0.6 is 14.5 Å². The highest BCUT2D eigenvalue weighted by Crippen LogP contribution is 2.84. The Labute approximate surface area is 207 Å². The molecule has 0 saturated carbocycles. The summed E-state index contributed by atoms with van der Waals surface area (Å²) in [6.07, 6.45) is 10.1. The Morgan fingerprint density at radius 3 is 0.906 bits per heavy atom. The van der Waals surface area contributed by atoms with Gasteiger partial charge in [0.15, 0.2) is 0 Å². The number of hydrogen-bond acceptors (Lipinski definition) is 2. The quantitative estimate of drug-likeness (QED) is 0.276. The summed E-state index contributed by atoms with van der Waals surface area (Å²) in [4.78, 5) is 6.33. The van der Waals surface area contributed by atoms with Gasteiger partial charge in [-0.2, -0.15) is 0 Å². The molecule has 0 radical (unpaired) electrons. The van der Waals surface area contributed by atoms with Crippen LogP contribution in [0.1, 0.15) is 93.9 Å². The van der Waals surface area contributed by atoms with Gasteiger partial charge >= 0.3 is 0 Å². The lowest BCUT2D eigenvalue weighted by Crippen LogP contribution is -2.75. The molecule has 32 heavy (non-hydrogen) atoms. The normalized spacial score (nSPS) is 33.2. The fourth-order valence-corrected chi connectivity index (χ4v) is 45.7. The Hall–Kier alpha value is 1.34. The van der Waals surface area contributed by atoms with Crippen LogP contribution in [-0.4, -0.2) is 59.8 Å². The summed E-state index contributed by atoms with van der Waals surface area (Å²) in [5.41, 5.74) is 1.35. The maximum atomic E-state index is 3.16. The van der Waals surface area contributed by atoms with Crippen molar-refractivity contribution in [1.82, 2.24) is 9.62 Å². The summed E-state index contributed by atoms with van der Waals surface area (Å²) < 4.78 is 0. The average molecular weight is 510 g/mol. The topological polar surface area (TPSA) is 6.48 Å². The van der Waals surface area contributed by atoms with E-state index in [1.165, 1.54) is 38.5 Å². The first-order valence-corrected chi connectivity index (χ1v) is 24.9. The van der Waals surface area contributed by atoms with Crippen LogP contribution < -0.4 is 0 Å². The number of nitrogens with zero attached hydrogens (tertiary/aromatic N) is 2. The molecule has 3 aliphatic rings. The summed E-state index contributed by atoms with van der Waals surface area (Å²) in [6, 6.07) is 0. The van der Waals surface area contributed by atoms with Gasteiger partial charge in [-0.25, -0.2) is 0 Å². The molecule has 3 rings (SSSR count). The highest BCUT2D eigenvalue weighted by atomic mass is 31.5. The minimum atomic E-state index is -1.32. The van der Waals surface area contributed by atoms with Crippen LogP contribution in [0.15, 0.2) is 0 Å². The molecule has 3 fully saturated rings. The minimum Gasteiger partial charge on any atom is -0.326 e. The molecule has 0 atom stereocenters. The van der Waals surface area contributed by atoms with Crippen LogP contribution in [0.4, 0.5) is 0 Å². The lowest BCUT2D eigenvalue weighted by atomic mass is 9.75. The molecule has 3 heterocycles. The second-order valence-corrected chi connectivity index (χ2v) is 39.8. The first kappa shape index (κ1) is 27.9. The van der Waals surface area contributed by atoms with Gasteiger partial charge in [-0.3, -0.25) is 0 Å². The monoisotopic (exact) mass is 510 g/mol. The highest BCUT2D eigenvalue weighted by molar-refractivity contribution is 8.74. The zero-order chi connectivity index (χ0) is 24.7. The molecule has 0 spiro atoms. The third-order valence-corrected chi connectivity index (χ3v) is 32.6. The molecule has 0 aromatic rings. The number of piperidine rings is 2. The molecule has 0 aliphatic carbocycles. The average Bonchev–Trinajstić information content (AvgIpc) is 2.46. The van der Waals surface area contributed by atoms with Gasteiger partial charge in [0, 0.05) is 22.2 Å². The second-order valence-electron chi connectivity index (χ2n) is 15.5. The van der Waals surface area contributed by atoms with E-state index in [1.54, 1.807) is 0 Å². The molecular weight excluding hydrogens is 456 g/mol. The van der Waals surface area contributed by atoms with E-state index < -0.39 is 15.5 Å². The van der Waals surface area contributed by atoms with Crippen LogP contribution in [0.25, 0.3) is 0 Å². The minimum absolute atomic E-state index is 0.00548. The van der Waals surface area contributed by atoms with Gasteiger partial charge in [-0.15, -0.1) is 14.5 Å². The first-order chi connectivity index (χ1) is 14.1. The molecule has 3 aliphatic heterocycles. The second kappa shape index (κ2) is 8.44. The zero-order valence-corrected chi connectivity index (χ0v) is 28.0. The van der Waals surface area contributed by atoms with Crippen molar-refractivity contribution in [3.05, 3.63) is 0 Å². The van der Waals surface area contributed by atoms with E-state index >= 15 is 0 Å². The Morgan fingerprint density at radius 1 is 0.500 bits per heavy atom. The lowest BCUT2D eigenvalue weighted by molar-refractivity contribution is 0.0520. The van der Waals surface area contributed by atoms with Gasteiger partial charge in [0.25, 0.3) is 12.6 Å². The Bertz CT molecular complexity index is 616. The molecule has 2 nitrogen and oxygen atoms in total. The molecule has 184 valence electrons. The van der Waals surface area contributed by atoms with Crippen LogP contribution in [-0.2, 0) is 0 Å². The molecule has 0 N–H and O–H groups in total. The van der Waals surface area contributed by atoms with Crippen molar-refractivity contribution >= 4 is 42.5 Å². The Balaban J connectivity index is 2.19. The maximum Gasteiger partial charge on any atom is 0.261 e. The molecule has 0 aromatic carbocycles. The van der Waals surface area contributed by atoms with Crippen molar-refractivity contribution in [3.8, 4) is 0 Å². The van der Waals surface area contributed by atoms with Crippen molar-refractivity contribution < 1.29 is 0 Å². The van der Waals surface area contributed by atoms with Gasteiger partial charge in [0.05, 0.1) is 15.5 Å². The van der Waals surface area contributed by atoms with Gasteiger partial charge in [-0.1, -0.05) is 39.3 Å². The summed E-state index contributed by atoms with van der Waals surface area (Å²) in [5, 5.41) is 0. The van der Waals surface area contributed by atoms with E-state index in [1.807, 2.05) is 0 Å². The molecule has 8 heteroatoms. The summed E-state index contributed by atoms with van der Waals surface area (Å²) in [5.74, 6) is 0. The van der Waals surface area contributed by atoms with E-state index in [9.17, 15) is 0 Å². The van der Waals surface area contributed by atoms with Gasteiger partial charge in [0.2, 0.25) is 0 Å². The largest absolute Gasteiger partial charge is 0.326 e. The van der Waals surface area contributed by atoms with Crippen molar-refractivity contribution in [2.45, 2.75) is 155 Å². The Kier molecular flexibility index (Phi) is 7.37. The van der Waals surface area contributed by atoms with Crippen molar-refractivity contribution in [3.63, 3.8) is 0 Å². The molecular formula is C24H54B2N2P2Si2. The first-order valence-electron chi connectivity index (χ1n) is 13.3. The van der Waals surface area contributed by atoms with Crippen molar-refractivity contribution in [2.24, 2.45) is 0 Å². The SMILES string of the molecule is CC1(C)CCCC(C)(C)N1B1P([Si](C)(C)C)B(N2C(C)(C)CCCC2(C)C)P1[Si](C)(C)C. The van der Waals surface area contributed by atoms with Crippen LogP contribution in [0.2, 0.25) is 39.3 Å². The molecule has 0 aromatic heterocycles. The Morgan fingerprint density at radius 2 is 0.719 bits per heavy atom. The molecule has 3 saturated heterocycles. The summed E-state index contributed by atoms with van der Waals surface area (Å²) in [7, 11) is -2.63. The van der Waals surface area contributed by atoms with Gasteiger partial charge < -0.3 is 9.62 Å². The fraction of sp³-hybridized carbons (Fsp3) is 1.00. The van der Waals surface area contributed by atoms with Crippen molar-refractivity contribution in [2.75, 3.05) is 0 Å². The summed E-state index contributed by atoms with van der Waals surface area (Å²) >= 11 is 0. The standard InChI is InChI=1S/C24H54B2N2P2Si2/c1-21(2)17-15-18-22(3,4)27(21)25-29(31(9,10)11)26(30(25)32(12,13)14)28-23(5,6)19-16-20-24(28,7)8/h15-20H2,1-14H3. The van der Waals surface area contributed by atoms with Crippen LogP contribution in [0, 0.1) is 0 Å². The number of rotatable bonds is 4. The van der Waals surface area contributed by atoms with Gasteiger partial charge in [-0.05, 0) is 93.9 Å². The third-order valence-electron chi connectivity index (χ3n) is 8.77. The highest BCUT2D eigenvalue weighted by Gasteiger charge is 2.71. The van der Waals surface area contributed by atoms with Gasteiger partial charge in [0.1, 0.15) is 0 Å². The lowest BCUT2D eigenvalue weighted by Gasteiger charge is -2.72. The van der Waals surface area contributed by atoms with Crippen LogP contribution in [0.3, 0.4) is 0 Å². The zero-order valence-electron chi connectivity index (χ0n) is 24.2. The third kappa shape index (κ3) is 4.82.